The SMILES string of the molecule is CCNC(=O)Nc1ncc2ccccc2n1. The molecule has 0 radical (unpaired) electrons. The highest BCUT2D eigenvalue weighted by Crippen LogP contribution is 2.11. The summed E-state index contributed by atoms with van der Waals surface area (Å²) in [7, 11) is 0. The van der Waals surface area contributed by atoms with Crippen molar-refractivity contribution >= 4 is 22.9 Å². The third-order valence-corrected chi connectivity index (χ3v) is 2.05. The first kappa shape index (κ1) is 10.4. The summed E-state index contributed by atoms with van der Waals surface area (Å²) in [5.74, 6) is 0.310. The van der Waals surface area contributed by atoms with E-state index in [4.69, 9.17) is 0 Å². The molecule has 0 aliphatic heterocycles. The zero-order valence-electron chi connectivity index (χ0n) is 8.90. The number of urea groups is 1. The molecule has 0 aliphatic rings. The molecular weight excluding hydrogens is 204 g/mol. The van der Waals surface area contributed by atoms with Crippen molar-refractivity contribution in [1.29, 1.82) is 0 Å². The molecule has 2 N–H and O–H groups in total. The molecule has 5 nitrogen and oxygen atoms in total. The van der Waals surface area contributed by atoms with Gasteiger partial charge in [0.25, 0.3) is 0 Å². The van der Waals surface area contributed by atoms with Crippen molar-refractivity contribution in [3.63, 3.8) is 0 Å². The number of para-hydroxylation sites is 1. The third kappa shape index (κ3) is 2.25. The van der Waals surface area contributed by atoms with Gasteiger partial charge < -0.3 is 5.32 Å². The van der Waals surface area contributed by atoms with Gasteiger partial charge in [-0.1, -0.05) is 18.2 Å². The Kier molecular flexibility index (Phi) is 2.95. The van der Waals surface area contributed by atoms with E-state index in [-0.39, 0.29) is 6.03 Å². The van der Waals surface area contributed by atoms with Crippen molar-refractivity contribution in [2.75, 3.05) is 11.9 Å². The zero-order chi connectivity index (χ0) is 11.4. The predicted octanol–water partition coefficient (Wildman–Crippen LogP) is 1.77. The van der Waals surface area contributed by atoms with Gasteiger partial charge in [0.05, 0.1) is 5.52 Å². The van der Waals surface area contributed by atoms with Gasteiger partial charge in [0, 0.05) is 18.1 Å². The molecule has 0 fully saturated rings. The minimum atomic E-state index is -0.294. The summed E-state index contributed by atoms with van der Waals surface area (Å²) in [5, 5.41) is 6.12. The van der Waals surface area contributed by atoms with Crippen LogP contribution in [-0.4, -0.2) is 22.5 Å². The molecule has 1 aromatic heterocycles. The van der Waals surface area contributed by atoms with Crippen molar-refractivity contribution in [2.45, 2.75) is 6.92 Å². The second kappa shape index (κ2) is 4.57. The molecule has 1 heterocycles. The quantitative estimate of drug-likeness (QED) is 0.804. The number of hydrogen-bond acceptors (Lipinski definition) is 3. The number of nitrogens with one attached hydrogen (secondary N) is 2. The Hall–Kier alpha value is -2.17. The number of rotatable bonds is 2. The third-order valence-electron chi connectivity index (χ3n) is 2.05. The van der Waals surface area contributed by atoms with Gasteiger partial charge in [-0.25, -0.2) is 14.8 Å². The van der Waals surface area contributed by atoms with Crippen molar-refractivity contribution < 1.29 is 4.79 Å². The van der Waals surface area contributed by atoms with Crippen LogP contribution < -0.4 is 10.6 Å². The minimum Gasteiger partial charge on any atom is -0.338 e. The molecule has 1 aromatic carbocycles. The number of hydrogen-bond donors (Lipinski definition) is 2. The van der Waals surface area contributed by atoms with E-state index in [9.17, 15) is 4.79 Å². The largest absolute Gasteiger partial charge is 0.338 e. The minimum absolute atomic E-state index is 0.294. The van der Waals surface area contributed by atoms with E-state index in [2.05, 4.69) is 20.6 Å². The van der Waals surface area contributed by atoms with Crippen molar-refractivity contribution in [1.82, 2.24) is 15.3 Å². The van der Waals surface area contributed by atoms with Gasteiger partial charge in [0.15, 0.2) is 0 Å². The zero-order valence-corrected chi connectivity index (χ0v) is 8.90. The topological polar surface area (TPSA) is 66.9 Å². The van der Waals surface area contributed by atoms with Gasteiger partial charge in [-0.15, -0.1) is 0 Å². The average molecular weight is 216 g/mol. The molecule has 16 heavy (non-hydrogen) atoms. The smallest absolute Gasteiger partial charge is 0.321 e. The van der Waals surface area contributed by atoms with E-state index in [1.165, 1.54) is 0 Å². The van der Waals surface area contributed by atoms with Crippen LogP contribution in [0.1, 0.15) is 6.92 Å². The number of nitrogens with zero attached hydrogens (tertiary/aromatic N) is 2. The Morgan fingerprint density at radius 1 is 1.38 bits per heavy atom. The maximum absolute atomic E-state index is 11.2. The highest BCUT2D eigenvalue weighted by Gasteiger charge is 2.03. The number of aromatic nitrogens is 2. The molecular formula is C11H12N4O. The lowest BCUT2D eigenvalue weighted by Crippen LogP contribution is -2.29. The van der Waals surface area contributed by atoms with Crippen LogP contribution in [0.4, 0.5) is 10.7 Å². The molecule has 2 rings (SSSR count). The average Bonchev–Trinajstić information content (AvgIpc) is 2.29. The number of carbonyl (C=O) groups excluding carboxylic acids is 1. The fraction of sp³-hybridized carbons (Fsp3) is 0.182. The van der Waals surface area contributed by atoms with Gasteiger partial charge in [0.2, 0.25) is 5.95 Å². The first-order valence-electron chi connectivity index (χ1n) is 5.06. The van der Waals surface area contributed by atoms with Crippen LogP contribution >= 0.6 is 0 Å². The molecule has 5 heteroatoms. The molecule has 0 aliphatic carbocycles. The maximum atomic E-state index is 11.2. The van der Waals surface area contributed by atoms with E-state index >= 15 is 0 Å². The number of amides is 2. The van der Waals surface area contributed by atoms with Crippen LogP contribution in [0.5, 0.6) is 0 Å². The van der Waals surface area contributed by atoms with E-state index in [1.54, 1.807) is 6.20 Å². The van der Waals surface area contributed by atoms with Gasteiger partial charge in [-0.05, 0) is 13.0 Å². The molecule has 0 unspecified atom stereocenters. The predicted molar refractivity (Wildman–Crippen MR) is 62.2 cm³/mol. The summed E-state index contributed by atoms with van der Waals surface area (Å²) in [5.41, 5.74) is 0.810. The summed E-state index contributed by atoms with van der Waals surface area (Å²) in [6, 6.07) is 7.32. The van der Waals surface area contributed by atoms with Gasteiger partial charge >= 0.3 is 6.03 Å². The second-order valence-electron chi connectivity index (χ2n) is 3.24. The standard InChI is InChI=1S/C11H12N4O/c1-2-12-11(16)15-10-13-7-8-5-3-4-6-9(8)14-10/h3-7H,2H2,1H3,(H2,12,13,14,15,16). The Morgan fingerprint density at radius 2 is 2.19 bits per heavy atom. The number of anilines is 1. The fourth-order valence-electron chi connectivity index (χ4n) is 1.34. The lowest BCUT2D eigenvalue weighted by atomic mass is 10.2. The molecule has 0 spiro atoms. The Balaban J connectivity index is 2.22. The van der Waals surface area contributed by atoms with Gasteiger partial charge in [-0.3, -0.25) is 5.32 Å². The first-order chi connectivity index (χ1) is 7.79. The summed E-state index contributed by atoms with van der Waals surface area (Å²) in [6.07, 6.45) is 1.68. The Bertz CT molecular complexity index is 512. The molecule has 2 amide bonds. The van der Waals surface area contributed by atoms with Crippen LogP contribution in [0, 0.1) is 0 Å². The monoisotopic (exact) mass is 216 g/mol. The van der Waals surface area contributed by atoms with E-state index in [0.717, 1.165) is 10.9 Å². The van der Waals surface area contributed by atoms with Crippen molar-refractivity contribution in [2.24, 2.45) is 0 Å². The highest BCUT2D eigenvalue weighted by molar-refractivity contribution is 5.88. The van der Waals surface area contributed by atoms with Crippen LogP contribution in [0.15, 0.2) is 30.5 Å². The fourth-order valence-corrected chi connectivity index (χ4v) is 1.34. The van der Waals surface area contributed by atoms with Gasteiger partial charge in [-0.2, -0.15) is 0 Å². The van der Waals surface area contributed by atoms with Crippen LogP contribution in [0.25, 0.3) is 10.9 Å². The van der Waals surface area contributed by atoms with E-state index < -0.39 is 0 Å². The molecule has 2 aromatic rings. The summed E-state index contributed by atoms with van der Waals surface area (Å²) in [4.78, 5) is 19.5. The maximum Gasteiger partial charge on any atom is 0.321 e. The second-order valence-corrected chi connectivity index (χ2v) is 3.24. The number of carbonyl (C=O) groups is 1. The van der Waals surface area contributed by atoms with Crippen LogP contribution in [0.3, 0.4) is 0 Å². The van der Waals surface area contributed by atoms with Crippen LogP contribution in [-0.2, 0) is 0 Å². The summed E-state index contributed by atoms with van der Waals surface area (Å²) in [6.45, 7) is 2.42. The number of benzene rings is 1. The van der Waals surface area contributed by atoms with E-state index in [0.29, 0.717) is 12.5 Å². The van der Waals surface area contributed by atoms with Crippen molar-refractivity contribution in [3.8, 4) is 0 Å². The summed E-state index contributed by atoms with van der Waals surface area (Å²) < 4.78 is 0. The number of fused-ring (bicyclic) bond motifs is 1. The molecule has 0 bridgehead atoms. The lowest BCUT2D eigenvalue weighted by Gasteiger charge is -2.04. The Labute approximate surface area is 92.9 Å². The molecule has 82 valence electrons. The first-order valence-corrected chi connectivity index (χ1v) is 5.06. The Morgan fingerprint density at radius 3 is 3.00 bits per heavy atom. The van der Waals surface area contributed by atoms with Gasteiger partial charge in [0.1, 0.15) is 0 Å². The normalized spacial score (nSPS) is 10.1. The summed E-state index contributed by atoms with van der Waals surface area (Å²) >= 11 is 0. The van der Waals surface area contributed by atoms with Crippen molar-refractivity contribution in [3.05, 3.63) is 30.5 Å². The lowest BCUT2D eigenvalue weighted by molar-refractivity contribution is 0.252. The molecule has 0 saturated heterocycles. The van der Waals surface area contributed by atoms with E-state index in [1.807, 2.05) is 31.2 Å². The van der Waals surface area contributed by atoms with Crippen LogP contribution in [0.2, 0.25) is 0 Å². The highest BCUT2D eigenvalue weighted by atomic mass is 16.2. The molecule has 0 saturated carbocycles. The molecule has 0 atom stereocenters.